The van der Waals surface area contributed by atoms with Gasteiger partial charge in [-0.3, -0.25) is 9.48 Å². The van der Waals surface area contributed by atoms with Crippen LogP contribution in [0.1, 0.15) is 65.7 Å². The highest BCUT2D eigenvalue weighted by Crippen LogP contribution is 2.29. The standard InChI is InChI=1S/C25H29N5O4/c1-15(2)22-11-19-9-18(12-26)10-20(23(19)34-22)14-30-16(3)8-21(28-30)24(31)27-13-17-4-6-29(7-5-17)25(32)33/h8-11,15,17H,4-7,13-14H2,1-3H3,(H,27,31)(H,32,33). The molecule has 0 bridgehead atoms. The van der Waals surface area contributed by atoms with Crippen molar-refractivity contribution in [2.45, 2.75) is 46.1 Å². The summed E-state index contributed by atoms with van der Waals surface area (Å²) in [6.45, 7) is 7.85. The maximum Gasteiger partial charge on any atom is 0.407 e. The van der Waals surface area contributed by atoms with Crippen LogP contribution in [0.3, 0.4) is 0 Å². The Balaban J connectivity index is 1.46. The first kappa shape index (κ1) is 23.4. The summed E-state index contributed by atoms with van der Waals surface area (Å²) in [4.78, 5) is 25.2. The molecule has 1 aliphatic rings. The molecule has 4 rings (SSSR count). The number of amides is 2. The van der Waals surface area contributed by atoms with Gasteiger partial charge in [-0.25, -0.2) is 4.79 Å². The van der Waals surface area contributed by atoms with Gasteiger partial charge >= 0.3 is 6.09 Å². The lowest BCUT2D eigenvalue weighted by atomic mass is 9.97. The highest BCUT2D eigenvalue weighted by atomic mass is 16.4. The van der Waals surface area contributed by atoms with E-state index in [1.54, 1.807) is 16.8 Å². The van der Waals surface area contributed by atoms with Crippen LogP contribution >= 0.6 is 0 Å². The maximum atomic E-state index is 12.7. The smallest absolute Gasteiger partial charge is 0.407 e. The predicted molar refractivity (Wildman–Crippen MR) is 126 cm³/mol. The molecule has 34 heavy (non-hydrogen) atoms. The first-order valence-corrected chi connectivity index (χ1v) is 11.5. The molecule has 2 amide bonds. The first-order chi connectivity index (χ1) is 16.2. The molecule has 9 nitrogen and oxygen atoms in total. The number of furan rings is 1. The molecule has 178 valence electrons. The molecule has 2 aromatic heterocycles. The molecule has 9 heteroatoms. The van der Waals surface area contributed by atoms with Gasteiger partial charge in [-0.2, -0.15) is 10.4 Å². The Morgan fingerprint density at radius 3 is 2.65 bits per heavy atom. The number of carboxylic acid groups (broad SMARTS) is 1. The zero-order chi connectivity index (χ0) is 24.4. The Labute approximate surface area is 197 Å². The lowest BCUT2D eigenvalue weighted by molar-refractivity contribution is 0.0923. The third-order valence-corrected chi connectivity index (χ3v) is 6.38. The Kier molecular flexibility index (Phi) is 6.59. The minimum absolute atomic E-state index is 0.226. The van der Waals surface area contributed by atoms with Crippen molar-refractivity contribution in [3.8, 4) is 6.07 Å². The topological polar surface area (TPSA) is 124 Å². The number of carbonyl (C=O) groups is 2. The number of nitrogens with one attached hydrogen (secondary N) is 1. The van der Waals surface area contributed by atoms with Gasteiger partial charge in [0.1, 0.15) is 17.0 Å². The number of hydrogen-bond donors (Lipinski definition) is 2. The van der Waals surface area contributed by atoms with Gasteiger partial charge in [-0.15, -0.1) is 0 Å². The summed E-state index contributed by atoms with van der Waals surface area (Å²) in [6.07, 6.45) is 0.565. The molecule has 2 N–H and O–H groups in total. The van der Waals surface area contributed by atoms with Crippen molar-refractivity contribution in [3.05, 3.63) is 52.5 Å². The van der Waals surface area contributed by atoms with E-state index in [1.165, 1.54) is 4.90 Å². The Morgan fingerprint density at radius 1 is 1.26 bits per heavy atom. The number of aromatic nitrogens is 2. The molecule has 0 atom stereocenters. The first-order valence-electron chi connectivity index (χ1n) is 11.5. The van der Waals surface area contributed by atoms with Crippen LogP contribution in [0.4, 0.5) is 4.79 Å². The van der Waals surface area contributed by atoms with E-state index in [-0.39, 0.29) is 17.7 Å². The predicted octanol–water partition coefficient (Wildman–Crippen LogP) is 4.10. The number of piperidine rings is 1. The lowest BCUT2D eigenvalue weighted by Gasteiger charge is -2.29. The normalized spacial score (nSPS) is 14.5. The maximum absolute atomic E-state index is 12.7. The minimum atomic E-state index is -0.893. The molecular weight excluding hydrogens is 434 g/mol. The van der Waals surface area contributed by atoms with E-state index < -0.39 is 6.09 Å². The summed E-state index contributed by atoms with van der Waals surface area (Å²) in [5.74, 6) is 1.08. The van der Waals surface area contributed by atoms with Crippen molar-refractivity contribution < 1.29 is 19.1 Å². The highest BCUT2D eigenvalue weighted by Gasteiger charge is 2.23. The third kappa shape index (κ3) is 4.91. The van der Waals surface area contributed by atoms with Crippen molar-refractivity contribution in [1.29, 1.82) is 5.26 Å². The number of likely N-dealkylation sites (tertiary alicyclic amines) is 1. The molecule has 3 aromatic rings. The van der Waals surface area contributed by atoms with E-state index >= 15 is 0 Å². The number of nitrogens with zero attached hydrogens (tertiary/aromatic N) is 4. The molecule has 0 radical (unpaired) electrons. The van der Waals surface area contributed by atoms with Crippen molar-refractivity contribution in [1.82, 2.24) is 20.0 Å². The summed E-state index contributed by atoms with van der Waals surface area (Å²) in [7, 11) is 0. The van der Waals surface area contributed by atoms with Crippen molar-refractivity contribution in [2.24, 2.45) is 5.92 Å². The van der Waals surface area contributed by atoms with Crippen LogP contribution in [0.25, 0.3) is 11.0 Å². The second-order valence-corrected chi connectivity index (χ2v) is 9.22. The largest absolute Gasteiger partial charge is 0.465 e. The van der Waals surface area contributed by atoms with E-state index in [9.17, 15) is 14.9 Å². The van der Waals surface area contributed by atoms with Gasteiger partial charge < -0.3 is 19.7 Å². The van der Waals surface area contributed by atoms with Crippen molar-refractivity contribution in [2.75, 3.05) is 19.6 Å². The Bertz CT molecular complexity index is 1260. The van der Waals surface area contributed by atoms with Crippen LogP contribution in [-0.4, -0.2) is 51.4 Å². The molecule has 1 saturated heterocycles. The number of fused-ring (bicyclic) bond motifs is 1. The van der Waals surface area contributed by atoms with Crippen LogP contribution in [0.15, 0.2) is 28.7 Å². The third-order valence-electron chi connectivity index (χ3n) is 6.38. The summed E-state index contributed by atoms with van der Waals surface area (Å²) in [5, 5.41) is 26.8. The summed E-state index contributed by atoms with van der Waals surface area (Å²) in [6, 6.07) is 9.55. The van der Waals surface area contributed by atoms with Gasteiger partial charge in [0.25, 0.3) is 5.91 Å². The zero-order valence-electron chi connectivity index (χ0n) is 19.7. The average Bonchev–Trinajstić information content (AvgIpc) is 3.41. The molecule has 0 unspecified atom stereocenters. The van der Waals surface area contributed by atoms with E-state index in [1.807, 2.05) is 19.1 Å². The fraction of sp³-hybridized carbons (Fsp3) is 0.440. The number of aryl methyl sites for hydroxylation is 1. The van der Waals surface area contributed by atoms with E-state index in [0.717, 1.165) is 40.8 Å². The number of rotatable bonds is 6. The average molecular weight is 464 g/mol. The number of nitriles is 1. The van der Waals surface area contributed by atoms with Gasteiger partial charge in [0.05, 0.1) is 18.2 Å². The quantitative estimate of drug-likeness (QED) is 0.567. The van der Waals surface area contributed by atoms with E-state index in [0.29, 0.717) is 37.4 Å². The fourth-order valence-electron chi connectivity index (χ4n) is 4.31. The van der Waals surface area contributed by atoms with Crippen LogP contribution in [0, 0.1) is 24.2 Å². The summed E-state index contributed by atoms with van der Waals surface area (Å²) >= 11 is 0. The van der Waals surface area contributed by atoms with E-state index in [2.05, 4.69) is 30.3 Å². The van der Waals surface area contributed by atoms with Gasteiger partial charge in [-0.1, -0.05) is 13.8 Å². The minimum Gasteiger partial charge on any atom is -0.465 e. The van der Waals surface area contributed by atoms with Gasteiger partial charge in [0.15, 0.2) is 0 Å². The van der Waals surface area contributed by atoms with Crippen LogP contribution in [0.5, 0.6) is 0 Å². The molecule has 1 aromatic carbocycles. The number of benzene rings is 1. The number of hydrogen-bond acceptors (Lipinski definition) is 5. The molecule has 1 fully saturated rings. The molecule has 0 saturated carbocycles. The molecule has 0 spiro atoms. The van der Waals surface area contributed by atoms with Gasteiger partial charge in [0, 0.05) is 42.2 Å². The molecule has 3 heterocycles. The second kappa shape index (κ2) is 9.59. The van der Waals surface area contributed by atoms with Gasteiger partial charge in [-0.05, 0) is 49.9 Å². The van der Waals surface area contributed by atoms with Crippen LogP contribution in [-0.2, 0) is 6.54 Å². The second-order valence-electron chi connectivity index (χ2n) is 9.22. The number of carbonyl (C=O) groups excluding carboxylic acids is 1. The van der Waals surface area contributed by atoms with Gasteiger partial charge in [0.2, 0.25) is 0 Å². The SMILES string of the molecule is Cc1cc(C(=O)NCC2CCN(C(=O)O)CC2)nn1Cc1cc(C#N)cc2cc(C(C)C)oc12. The van der Waals surface area contributed by atoms with Crippen molar-refractivity contribution >= 4 is 23.0 Å². The summed E-state index contributed by atoms with van der Waals surface area (Å²) in [5.41, 5.74) is 3.28. The fourth-order valence-corrected chi connectivity index (χ4v) is 4.31. The Hall–Kier alpha value is -3.80. The lowest BCUT2D eigenvalue weighted by Crippen LogP contribution is -2.41. The van der Waals surface area contributed by atoms with Crippen LogP contribution in [0.2, 0.25) is 0 Å². The molecule has 0 aliphatic carbocycles. The molecular formula is C25H29N5O4. The highest BCUT2D eigenvalue weighted by molar-refractivity contribution is 5.92. The van der Waals surface area contributed by atoms with E-state index in [4.69, 9.17) is 9.52 Å². The Morgan fingerprint density at radius 2 is 2.00 bits per heavy atom. The summed E-state index contributed by atoms with van der Waals surface area (Å²) < 4.78 is 7.83. The van der Waals surface area contributed by atoms with Crippen LogP contribution < -0.4 is 5.32 Å². The van der Waals surface area contributed by atoms with Crippen molar-refractivity contribution in [3.63, 3.8) is 0 Å². The molecule has 1 aliphatic heterocycles. The zero-order valence-corrected chi connectivity index (χ0v) is 19.7. The monoisotopic (exact) mass is 463 g/mol.